The highest BCUT2D eigenvalue weighted by Gasteiger charge is 2.17. The Morgan fingerprint density at radius 3 is 2.44 bits per heavy atom. The zero-order valence-corrected chi connectivity index (χ0v) is 11.5. The fraction of sp³-hybridized carbons (Fsp3) is 0.417. The van der Waals surface area contributed by atoms with Gasteiger partial charge in [-0.15, -0.1) is 0 Å². The summed E-state index contributed by atoms with van der Waals surface area (Å²) in [6.07, 6.45) is 1.12. The molecule has 0 saturated heterocycles. The number of aliphatic hydroxyl groups is 1. The van der Waals surface area contributed by atoms with E-state index in [4.69, 9.17) is 5.11 Å². The van der Waals surface area contributed by atoms with Crippen molar-refractivity contribution in [1.82, 2.24) is 0 Å². The third kappa shape index (κ3) is 3.30. The topological polar surface area (TPSA) is 74.7 Å². The molecule has 0 saturated carbocycles. The summed E-state index contributed by atoms with van der Waals surface area (Å²) in [5, 5.41) is 8.91. The van der Waals surface area contributed by atoms with Gasteiger partial charge >= 0.3 is 0 Å². The van der Waals surface area contributed by atoms with Crippen LogP contribution in [0.1, 0.15) is 17.3 Å². The lowest BCUT2D eigenvalue weighted by atomic mass is 10.1. The molecule has 0 radical (unpaired) electrons. The minimum Gasteiger partial charge on any atom is -0.395 e. The number of sulfone groups is 1. The van der Waals surface area contributed by atoms with Crippen molar-refractivity contribution >= 4 is 21.3 Å². The van der Waals surface area contributed by atoms with Gasteiger partial charge in [-0.25, -0.2) is 8.42 Å². The molecule has 0 heterocycles. The molecular weight excluding hydrogens is 254 g/mol. The first-order valence-electron chi connectivity index (χ1n) is 5.44. The van der Waals surface area contributed by atoms with Crippen LogP contribution < -0.4 is 4.90 Å². The third-order valence-electron chi connectivity index (χ3n) is 2.61. The normalized spacial score (nSPS) is 11.3. The number of hydrogen-bond acceptors (Lipinski definition) is 5. The molecule has 0 aliphatic rings. The van der Waals surface area contributed by atoms with E-state index in [2.05, 4.69) is 0 Å². The Labute approximate surface area is 107 Å². The predicted molar refractivity (Wildman–Crippen MR) is 69.9 cm³/mol. The number of nitrogens with zero attached hydrogens (tertiary/aromatic N) is 1. The average molecular weight is 271 g/mol. The van der Waals surface area contributed by atoms with Crippen LogP contribution in [-0.4, -0.2) is 45.8 Å². The molecule has 0 aromatic heterocycles. The van der Waals surface area contributed by atoms with Gasteiger partial charge in [0.2, 0.25) is 0 Å². The SMILES string of the molecule is CC(=O)c1ccc(S(C)(=O)=O)c(N(C)CCO)c1. The van der Waals surface area contributed by atoms with Crippen molar-refractivity contribution in [3.05, 3.63) is 23.8 Å². The fourth-order valence-corrected chi connectivity index (χ4v) is 2.53. The number of carbonyl (C=O) groups excluding carboxylic acids is 1. The Bertz CT molecular complexity index is 551. The Balaban J connectivity index is 3.40. The van der Waals surface area contributed by atoms with E-state index < -0.39 is 9.84 Å². The van der Waals surface area contributed by atoms with Gasteiger partial charge in [0.05, 0.1) is 17.2 Å². The fourth-order valence-electron chi connectivity index (χ4n) is 1.62. The highest BCUT2D eigenvalue weighted by molar-refractivity contribution is 7.90. The number of ketones is 1. The summed E-state index contributed by atoms with van der Waals surface area (Å²) in [5.74, 6) is -0.131. The average Bonchev–Trinajstić information content (AvgIpc) is 2.27. The zero-order chi connectivity index (χ0) is 13.9. The highest BCUT2D eigenvalue weighted by atomic mass is 32.2. The van der Waals surface area contributed by atoms with Gasteiger partial charge in [0.25, 0.3) is 0 Å². The third-order valence-corrected chi connectivity index (χ3v) is 3.76. The van der Waals surface area contributed by atoms with Gasteiger partial charge in [-0.05, 0) is 25.1 Å². The summed E-state index contributed by atoms with van der Waals surface area (Å²) in [7, 11) is -1.70. The number of hydrogen-bond donors (Lipinski definition) is 1. The number of anilines is 1. The molecule has 1 rings (SSSR count). The van der Waals surface area contributed by atoms with Crippen LogP contribution in [0.3, 0.4) is 0 Å². The zero-order valence-electron chi connectivity index (χ0n) is 10.7. The molecule has 100 valence electrons. The van der Waals surface area contributed by atoms with Gasteiger partial charge in [-0.2, -0.15) is 0 Å². The first-order valence-corrected chi connectivity index (χ1v) is 7.33. The molecule has 1 aromatic carbocycles. The molecule has 0 amide bonds. The van der Waals surface area contributed by atoms with E-state index in [1.165, 1.54) is 25.1 Å². The van der Waals surface area contributed by atoms with E-state index in [0.29, 0.717) is 17.8 Å². The van der Waals surface area contributed by atoms with Crippen molar-refractivity contribution in [2.75, 3.05) is 31.4 Å². The van der Waals surface area contributed by atoms with Crippen LogP contribution in [0.2, 0.25) is 0 Å². The van der Waals surface area contributed by atoms with Crippen molar-refractivity contribution < 1.29 is 18.3 Å². The van der Waals surface area contributed by atoms with Crippen LogP contribution in [0.25, 0.3) is 0 Å². The molecule has 0 unspecified atom stereocenters. The number of carbonyl (C=O) groups is 1. The van der Waals surface area contributed by atoms with Crippen LogP contribution in [0.15, 0.2) is 23.1 Å². The minimum atomic E-state index is -3.37. The highest BCUT2D eigenvalue weighted by Crippen LogP contribution is 2.26. The first-order chi connectivity index (χ1) is 8.27. The molecule has 0 aliphatic carbocycles. The summed E-state index contributed by atoms with van der Waals surface area (Å²) in [6.45, 7) is 1.62. The predicted octanol–water partition coefficient (Wildman–Crippen LogP) is 0.721. The molecule has 0 bridgehead atoms. The summed E-state index contributed by atoms with van der Waals surface area (Å²) in [6, 6.07) is 4.46. The molecule has 18 heavy (non-hydrogen) atoms. The Kier molecular flexibility index (Phi) is 4.48. The van der Waals surface area contributed by atoms with Gasteiger partial charge in [-0.3, -0.25) is 4.79 Å². The van der Waals surface area contributed by atoms with E-state index in [1.54, 1.807) is 11.9 Å². The first kappa shape index (κ1) is 14.7. The van der Waals surface area contributed by atoms with Gasteiger partial charge < -0.3 is 10.0 Å². The van der Waals surface area contributed by atoms with E-state index >= 15 is 0 Å². The largest absolute Gasteiger partial charge is 0.395 e. The maximum absolute atomic E-state index is 11.7. The molecule has 5 nitrogen and oxygen atoms in total. The Morgan fingerprint density at radius 1 is 1.39 bits per heavy atom. The maximum atomic E-state index is 11.7. The van der Waals surface area contributed by atoms with E-state index in [-0.39, 0.29) is 17.3 Å². The smallest absolute Gasteiger partial charge is 0.177 e. The number of benzene rings is 1. The van der Waals surface area contributed by atoms with Crippen molar-refractivity contribution in [3.63, 3.8) is 0 Å². The minimum absolute atomic E-state index is 0.0933. The summed E-state index contributed by atoms with van der Waals surface area (Å²) >= 11 is 0. The van der Waals surface area contributed by atoms with Gasteiger partial charge in [0.1, 0.15) is 0 Å². The van der Waals surface area contributed by atoms with Crippen LogP contribution in [0.4, 0.5) is 5.69 Å². The number of likely N-dealkylation sites (N-methyl/N-ethyl adjacent to an activating group) is 1. The molecule has 1 N–H and O–H groups in total. The molecule has 0 aliphatic heterocycles. The van der Waals surface area contributed by atoms with Crippen molar-refractivity contribution in [2.45, 2.75) is 11.8 Å². The molecule has 0 atom stereocenters. The van der Waals surface area contributed by atoms with E-state index in [0.717, 1.165) is 6.26 Å². The second kappa shape index (κ2) is 5.49. The van der Waals surface area contributed by atoms with E-state index in [9.17, 15) is 13.2 Å². The molecular formula is C12H17NO4S. The second-order valence-electron chi connectivity index (χ2n) is 4.16. The lowest BCUT2D eigenvalue weighted by Gasteiger charge is -2.21. The van der Waals surface area contributed by atoms with Crippen molar-refractivity contribution in [3.8, 4) is 0 Å². The van der Waals surface area contributed by atoms with Crippen molar-refractivity contribution in [2.24, 2.45) is 0 Å². The monoisotopic (exact) mass is 271 g/mol. The summed E-state index contributed by atoms with van der Waals surface area (Å²) in [4.78, 5) is 13.1. The van der Waals surface area contributed by atoms with Gasteiger partial charge in [0.15, 0.2) is 15.6 Å². The Hall–Kier alpha value is -1.40. The maximum Gasteiger partial charge on any atom is 0.177 e. The summed E-state index contributed by atoms with van der Waals surface area (Å²) < 4.78 is 23.3. The number of rotatable bonds is 5. The second-order valence-corrected chi connectivity index (χ2v) is 6.14. The molecule has 6 heteroatoms. The number of aliphatic hydroxyl groups excluding tert-OH is 1. The lowest BCUT2D eigenvalue weighted by Crippen LogP contribution is -2.23. The lowest BCUT2D eigenvalue weighted by molar-refractivity contribution is 0.101. The van der Waals surface area contributed by atoms with Crippen LogP contribution in [-0.2, 0) is 9.84 Å². The molecule has 1 aromatic rings. The number of Topliss-reactive ketones (excluding diaryl/α,β-unsaturated/α-hetero) is 1. The van der Waals surface area contributed by atoms with Crippen LogP contribution >= 0.6 is 0 Å². The van der Waals surface area contributed by atoms with Crippen molar-refractivity contribution in [1.29, 1.82) is 0 Å². The van der Waals surface area contributed by atoms with Gasteiger partial charge in [-0.1, -0.05) is 0 Å². The summed E-state index contributed by atoms with van der Waals surface area (Å²) in [5.41, 5.74) is 0.876. The quantitative estimate of drug-likeness (QED) is 0.799. The standard InChI is InChI=1S/C12H17NO4S/c1-9(15)10-4-5-12(18(3,16)17)11(8-10)13(2)6-7-14/h4-5,8,14H,6-7H2,1-3H3. The van der Waals surface area contributed by atoms with Crippen LogP contribution in [0.5, 0.6) is 0 Å². The van der Waals surface area contributed by atoms with Crippen LogP contribution in [0, 0.1) is 0 Å². The Morgan fingerprint density at radius 2 is 2.00 bits per heavy atom. The van der Waals surface area contributed by atoms with Gasteiger partial charge in [0, 0.05) is 25.4 Å². The molecule has 0 spiro atoms. The molecule has 0 fully saturated rings. The van der Waals surface area contributed by atoms with E-state index in [1.807, 2.05) is 0 Å².